The van der Waals surface area contributed by atoms with E-state index >= 15 is 0 Å². The van der Waals surface area contributed by atoms with Gasteiger partial charge in [-0.2, -0.15) is 0 Å². The van der Waals surface area contributed by atoms with Crippen LogP contribution in [-0.2, 0) is 0 Å². The Morgan fingerprint density at radius 1 is 1.14 bits per heavy atom. The van der Waals surface area contributed by atoms with Gasteiger partial charge in [0.2, 0.25) is 0 Å². The van der Waals surface area contributed by atoms with Crippen LogP contribution in [0.25, 0.3) is 33.5 Å². The van der Waals surface area contributed by atoms with Crippen LogP contribution >= 0.6 is 0 Å². The molecule has 0 bridgehead atoms. The first kappa shape index (κ1) is 18.0. The van der Waals surface area contributed by atoms with E-state index in [9.17, 15) is 9.90 Å². The summed E-state index contributed by atoms with van der Waals surface area (Å²) in [6.45, 7) is 4.22. The molecule has 1 N–H and O–H groups in total. The monoisotopic (exact) mass is 375 g/mol. The first-order valence-electron chi connectivity index (χ1n) is 9.24. The molecule has 0 amide bonds. The van der Waals surface area contributed by atoms with Crippen molar-refractivity contribution in [3.63, 3.8) is 0 Å². The van der Waals surface area contributed by atoms with Crippen LogP contribution in [0.3, 0.4) is 0 Å². The molecule has 4 aromatic rings. The summed E-state index contributed by atoms with van der Waals surface area (Å²) in [5.41, 5.74) is 2.80. The second-order valence-electron chi connectivity index (χ2n) is 6.92. The summed E-state index contributed by atoms with van der Waals surface area (Å²) in [5, 5.41) is 10.3. The van der Waals surface area contributed by atoms with E-state index in [4.69, 9.17) is 14.4 Å². The highest BCUT2D eigenvalue weighted by molar-refractivity contribution is 5.93. The summed E-state index contributed by atoms with van der Waals surface area (Å²) >= 11 is 0. The molecule has 1 atom stereocenters. The summed E-state index contributed by atoms with van der Waals surface area (Å²) in [6, 6.07) is 14.8. The summed E-state index contributed by atoms with van der Waals surface area (Å²) in [5.74, 6) is 0.327. The molecule has 2 aromatic carbocycles. The van der Waals surface area contributed by atoms with Crippen molar-refractivity contribution in [1.29, 1.82) is 0 Å². The third kappa shape index (κ3) is 3.07. The second-order valence-corrected chi connectivity index (χ2v) is 6.92. The van der Waals surface area contributed by atoms with Gasteiger partial charge in [-0.15, -0.1) is 0 Å². The van der Waals surface area contributed by atoms with Crippen molar-refractivity contribution < 1.29 is 14.3 Å². The molecular weight excluding hydrogens is 354 g/mol. The summed E-state index contributed by atoms with van der Waals surface area (Å²) in [6.07, 6.45) is 0.935. The van der Waals surface area contributed by atoms with Crippen LogP contribution in [0.4, 0.5) is 5.82 Å². The fourth-order valence-corrected chi connectivity index (χ4v) is 3.17. The molecule has 142 valence electrons. The van der Waals surface area contributed by atoms with Crippen molar-refractivity contribution in [2.45, 2.75) is 26.3 Å². The van der Waals surface area contributed by atoms with Gasteiger partial charge in [-0.05, 0) is 43.7 Å². The highest BCUT2D eigenvalue weighted by atomic mass is 16.4. The van der Waals surface area contributed by atoms with Gasteiger partial charge in [0.25, 0.3) is 0 Å². The Bertz CT molecular complexity index is 1150. The molecular formula is C22H21N3O3. The van der Waals surface area contributed by atoms with Crippen molar-refractivity contribution in [2.24, 2.45) is 0 Å². The fraction of sp³-hybridized carbons (Fsp3) is 0.227. The highest BCUT2D eigenvalue weighted by Crippen LogP contribution is 2.34. The molecule has 0 spiro atoms. The van der Waals surface area contributed by atoms with Crippen LogP contribution in [-0.4, -0.2) is 34.1 Å². The number of benzene rings is 2. The number of para-hydroxylation sites is 1. The predicted molar refractivity (Wildman–Crippen MR) is 110 cm³/mol. The first-order chi connectivity index (χ1) is 13.5. The average molecular weight is 375 g/mol. The number of carboxylic acids is 1. The Labute approximate surface area is 162 Å². The molecule has 0 fully saturated rings. The van der Waals surface area contributed by atoms with Gasteiger partial charge in [-0.3, -0.25) is 0 Å². The number of rotatable bonds is 5. The van der Waals surface area contributed by atoms with E-state index in [1.54, 1.807) is 18.2 Å². The molecule has 0 aliphatic heterocycles. The Kier molecular flexibility index (Phi) is 4.47. The van der Waals surface area contributed by atoms with E-state index in [1.807, 2.05) is 37.4 Å². The minimum Gasteiger partial charge on any atom is -0.478 e. The largest absolute Gasteiger partial charge is 0.478 e. The Morgan fingerprint density at radius 3 is 2.64 bits per heavy atom. The molecule has 0 saturated carbocycles. The van der Waals surface area contributed by atoms with Gasteiger partial charge in [0.05, 0.1) is 16.6 Å². The average Bonchev–Trinajstić information content (AvgIpc) is 3.15. The van der Waals surface area contributed by atoms with E-state index in [1.165, 1.54) is 0 Å². The zero-order valence-corrected chi connectivity index (χ0v) is 16.0. The number of nitrogens with zero attached hydrogens (tertiary/aromatic N) is 3. The van der Waals surface area contributed by atoms with Crippen LogP contribution in [0, 0.1) is 0 Å². The fourth-order valence-electron chi connectivity index (χ4n) is 3.17. The topological polar surface area (TPSA) is 79.5 Å². The van der Waals surface area contributed by atoms with E-state index < -0.39 is 5.97 Å². The Balaban J connectivity index is 1.96. The zero-order chi connectivity index (χ0) is 19.8. The third-order valence-corrected chi connectivity index (χ3v) is 5.14. The molecule has 6 nitrogen and oxygen atoms in total. The van der Waals surface area contributed by atoms with E-state index in [-0.39, 0.29) is 11.6 Å². The standard InChI is InChI=1S/C22H21N3O3/c1-4-13(2)25(3)21-20(19-12-14-7-5-6-8-18(14)28-19)23-16-10-9-15(22(26)27)11-17(16)24-21/h5-13H,4H2,1-3H3,(H,26,27). The van der Waals surface area contributed by atoms with Crippen molar-refractivity contribution >= 4 is 33.8 Å². The lowest BCUT2D eigenvalue weighted by Crippen LogP contribution is -2.29. The van der Waals surface area contributed by atoms with Gasteiger partial charge >= 0.3 is 5.97 Å². The van der Waals surface area contributed by atoms with Gasteiger partial charge in [-0.25, -0.2) is 14.8 Å². The lowest BCUT2D eigenvalue weighted by molar-refractivity contribution is 0.0697. The van der Waals surface area contributed by atoms with Crippen molar-refractivity contribution in [3.05, 3.63) is 54.1 Å². The number of hydrogen-bond donors (Lipinski definition) is 1. The van der Waals surface area contributed by atoms with Gasteiger partial charge in [0, 0.05) is 18.5 Å². The predicted octanol–water partition coefficient (Wildman–Crippen LogP) is 4.98. The minimum absolute atomic E-state index is 0.190. The lowest BCUT2D eigenvalue weighted by Gasteiger charge is -2.26. The first-order valence-corrected chi connectivity index (χ1v) is 9.24. The van der Waals surface area contributed by atoms with Crippen LogP contribution in [0.15, 0.2) is 52.9 Å². The second kappa shape index (κ2) is 6.96. The molecule has 2 aromatic heterocycles. The smallest absolute Gasteiger partial charge is 0.335 e. The van der Waals surface area contributed by atoms with Crippen molar-refractivity contribution in [3.8, 4) is 11.5 Å². The number of aromatic nitrogens is 2. The number of aromatic carboxylic acids is 1. The quantitative estimate of drug-likeness (QED) is 0.530. The summed E-state index contributed by atoms with van der Waals surface area (Å²) in [7, 11) is 1.97. The number of carbonyl (C=O) groups is 1. The van der Waals surface area contributed by atoms with E-state index in [0.717, 1.165) is 17.4 Å². The maximum atomic E-state index is 11.3. The lowest BCUT2D eigenvalue weighted by atomic mass is 10.1. The van der Waals surface area contributed by atoms with Crippen molar-refractivity contribution in [1.82, 2.24) is 9.97 Å². The number of furan rings is 1. The molecule has 0 aliphatic carbocycles. The molecule has 1 unspecified atom stereocenters. The maximum absolute atomic E-state index is 11.3. The van der Waals surface area contributed by atoms with E-state index in [0.29, 0.717) is 28.3 Å². The molecule has 0 aliphatic rings. The summed E-state index contributed by atoms with van der Waals surface area (Å²) < 4.78 is 6.05. The Hall–Kier alpha value is -3.41. The zero-order valence-electron chi connectivity index (χ0n) is 16.0. The van der Waals surface area contributed by atoms with E-state index in [2.05, 4.69) is 18.7 Å². The Morgan fingerprint density at radius 2 is 1.93 bits per heavy atom. The van der Waals surface area contributed by atoms with Gasteiger partial charge in [0.15, 0.2) is 11.6 Å². The van der Waals surface area contributed by atoms with Gasteiger partial charge < -0.3 is 14.4 Å². The van der Waals surface area contributed by atoms with Crippen LogP contribution in [0.1, 0.15) is 30.6 Å². The molecule has 2 heterocycles. The molecule has 6 heteroatoms. The molecule has 28 heavy (non-hydrogen) atoms. The third-order valence-electron chi connectivity index (χ3n) is 5.14. The van der Waals surface area contributed by atoms with Crippen LogP contribution < -0.4 is 4.90 Å². The SMILES string of the molecule is CCC(C)N(C)c1nc2cc(C(=O)O)ccc2nc1-c1cc2ccccc2o1. The van der Waals surface area contributed by atoms with Crippen molar-refractivity contribution in [2.75, 3.05) is 11.9 Å². The molecule has 4 rings (SSSR count). The highest BCUT2D eigenvalue weighted by Gasteiger charge is 2.21. The van der Waals surface area contributed by atoms with Gasteiger partial charge in [0.1, 0.15) is 11.3 Å². The normalized spacial score (nSPS) is 12.4. The number of fused-ring (bicyclic) bond motifs is 2. The summed E-state index contributed by atoms with van der Waals surface area (Å²) in [4.78, 5) is 23.0. The molecule has 0 radical (unpaired) electrons. The van der Waals surface area contributed by atoms with Gasteiger partial charge in [-0.1, -0.05) is 25.1 Å². The number of anilines is 1. The number of carboxylic acid groups (broad SMARTS) is 1. The minimum atomic E-state index is -0.984. The number of hydrogen-bond acceptors (Lipinski definition) is 5. The maximum Gasteiger partial charge on any atom is 0.335 e. The van der Waals surface area contributed by atoms with Crippen LogP contribution in [0.2, 0.25) is 0 Å². The molecule has 0 saturated heterocycles. The van der Waals surface area contributed by atoms with Crippen LogP contribution in [0.5, 0.6) is 0 Å².